The quantitative estimate of drug-likeness (QED) is 0.715. The standard InChI is InChI=1S/C21H30FN3O2S/c1-3-10-24(2)13-15-5-4-11-25(15)21(26)18-8-6-16(12-19(18)22)27-14-17-7-9-20(23)28-17/h6,8-9,12,15,17H,3-5,7,10-11,13-14,23H2,1-2H3. The summed E-state index contributed by atoms with van der Waals surface area (Å²) in [5.41, 5.74) is 5.88. The zero-order valence-electron chi connectivity index (χ0n) is 16.7. The van der Waals surface area contributed by atoms with Gasteiger partial charge in [-0.3, -0.25) is 4.79 Å². The van der Waals surface area contributed by atoms with Crippen molar-refractivity contribution in [3.63, 3.8) is 0 Å². The van der Waals surface area contributed by atoms with Crippen molar-refractivity contribution in [3.05, 3.63) is 40.7 Å². The van der Waals surface area contributed by atoms with Crippen molar-refractivity contribution < 1.29 is 13.9 Å². The van der Waals surface area contributed by atoms with Gasteiger partial charge in [0.05, 0.1) is 10.6 Å². The van der Waals surface area contributed by atoms with Gasteiger partial charge in [-0.2, -0.15) is 0 Å². The third-order valence-corrected chi connectivity index (χ3v) is 6.36. The van der Waals surface area contributed by atoms with Gasteiger partial charge >= 0.3 is 0 Å². The summed E-state index contributed by atoms with van der Waals surface area (Å²) >= 11 is 1.58. The summed E-state index contributed by atoms with van der Waals surface area (Å²) in [7, 11) is 2.07. The number of thioether (sulfide) groups is 1. The normalized spacial score (nSPS) is 22.0. The first-order valence-corrected chi connectivity index (χ1v) is 10.9. The van der Waals surface area contributed by atoms with E-state index in [0.29, 0.717) is 18.9 Å². The summed E-state index contributed by atoms with van der Waals surface area (Å²) in [5.74, 6) is -0.299. The largest absolute Gasteiger partial charge is 0.492 e. The highest BCUT2D eigenvalue weighted by molar-refractivity contribution is 8.03. The van der Waals surface area contributed by atoms with E-state index in [4.69, 9.17) is 10.5 Å². The molecule has 2 atom stereocenters. The third-order valence-electron chi connectivity index (χ3n) is 5.26. The Morgan fingerprint density at radius 1 is 1.46 bits per heavy atom. The van der Waals surface area contributed by atoms with Crippen LogP contribution in [0.15, 0.2) is 29.3 Å². The molecule has 28 heavy (non-hydrogen) atoms. The number of nitrogens with zero attached hydrogens (tertiary/aromatic N) is 2. The van der Waals surface area contributed by atoms with E-state index in [9.17, 15) is 9.18 Å². The Kier molecular flexibility index (Phi) is 7.24. The molecule has 2 unspecified atom stereocenters. The lowest BCUT2D eigenvalue weighted by molar-refractivity contribution is 0.0705. The lowest BCUT2D eigenvalue weighted by Crippen LogP contribution is -2.42. The van der Waals surface area contributed by atoms with Crippen molar-refractivity contribution in [2.24, 2.45) is 5.73 Å². The smallest absolute Gasteiger partial charge is 0.257 e. The molecule has 0 spiro atoms. The highest BCUT2D eigenvalue weighted by Crippen LogP contribution is 2.29. The van der Waals surface area contributed by atoms with E-state index < -0.39 is 5.82 Å². The van der Waals surface area contributed by atoms with Gasteiger partial charge in [-0.05, 0) is 51.4 Å². The molecule has 7 heteroatoms. The molecule has 154 valence electrons. The van der Waals surface area contributed by atoms with E-state index >= 15 is 0 Å². The fourth-order valence-electron chi connectivity index (χ4n) is 3.87. The molecule has 2 aliphatic heterocycles. The van der Waals surface area contributed by atoms with Gasteiger partial charge < -0.3 is 20.3 Å². The monoisotopic (exact) mass is 407 g/mol. The van der Waals surface area contributed by atoms with Crippen molar-refractivity contribution in [3.8, 4) is 5.75 Å². The van der Waals surface area contributed by atoms with Crippen LogP contribution in [0.1, 0.15) is 43.0 Å². The molecular formula is C21H30FN3O2S. The fraction of sp³-hybridized carbons (Fsp3) is 0.571. The van der Waals surface area contributed by atoms with Crippen LogP contribution in [0.4, 0.5) is 4.39 Å². The maximum absolute atomic E-state index is 14.7. The Morgan fingerprint density at radius 3 is 2.96 bits per heavy atom. The Morgan fingerprint density at radius 2 is 2.29 bits per heavy atom. The highest BCUT2D eigenvalue weighted by atomic mass is 32.2. The molecule has 2 aliphatic rings. The molecule has 1 saturated heterocycles. The second kappa shape index (κ2) is 9.65. The van der Waals surface area contributed by atoms with Crippen LogP contribution in [0, 0.1) is 5.82 Å². The molecule has 2 N–H and O–H groups in total. The van der Waals surface area contributed by atoms with Gasteiger partial charge in [0.25, 0.3) is 5.91 Å². The zero-order valence-corrected chi connectivity index (χ0v) is 17.5. The molecule has 0 radical (unpaired) electrons. The van der Waals surface area contributed by atoms with Crippen molar-refractivity contribution in [2.75, 3.05) is 33.3 Å². The zero-order chi connectivity index (χ0) is 20.1. The molecule has 5 nitrogen and oxygen atoms in total. The number of hydrogen-bond donors (Lipinski definition) is 1. The van der Waals surface area contributed by atoms with Crippen LogP contribution in [0.2, 0.25) is 0 Å². The lowest BCUT2D eigenvalue weighted by Gasteiger charge is -2.29. The van der Waals surface area contributed by atoms with Crippen LogP contribution in [-0.2, 0) is 0 Å². The van der Waals surface area contributed by atoms with Crippen molar-refractivity contribution in [1.82, 2.24) is 9.80 Å². The number of ether oxygens (including phenoxy) is 1. The Bertz CT molecular complexity index is 728. The number of benzene rings is 1. The number of hydrogen-bond acceptors (Lipinski definition) is 5. The predicted molar refractivity (Wildman–Crippen MR) is 112 cm³/mol. The van der Waals surface area contributed by atoms with Gasteiger partial charge in [0, 0.05) is 30.4 Å². The molecule has 0 aromatic heterocycles. The SMILES string of the molecule is CCCN(C)CC1CCCN1C(=O)c1ccc(OCC2CC=C(N)S2)cc1F. The number of likely N-dealkylation sites (N-methyl/N-ethyl adjacent to an activating group) is 1. The van der Waals surface area contributed by atoms with Crippen LogP contribution in [0.5, 0.6) is 5.75 Å². The van der Waals surface area contributed by atoms with Gasteiger partial charge in [-0.25, -0.2) is 4.39 Å². The van der Waals surface area contributed by atoms with Crippen LogP contribution in [0.3, 0.4) is 0 Å². The first-order valence-electron chi connectivity index (χ1n) is 10.0. The van der Waals surface area contributed by atoms with E-state index in [1.807, 2.05) is 11.0 Å². The van der Waals surface area contributed by atoms with Crippen molar-refractivity contribution in [2.45, 2.75) is 43.9 Å². The fourth-order valence-corrected chi connectivity index (χ4v) is 4.77. The summed E-state index contributed by atoms with van der Waals surface area (Å²) in [6.07, 6.45) is 5.85. The number of halogens is 1. The summed E-state index contributed by atoms with van der Waals surface area (Å²) < 4.78 is 20.4. The number of nitrogens with two attached hydrogens (primary N) is 1. The number of rotatable bonds is 8. The minimum atomic E-state index is -0.522. The van der Waals surface area contributed by atoms with Crippen molar-refractivity contribution in [1.29, 1.82) is 0 Å². The Hall–Kier alpha value is -1.73. The van der Waals surface area contributed by atoms with Gasteiger partial charge in [-0.1, -0.05) is 13.0 Å². The maximum Gasteiger partial charge on any atom is 0.257 e. The van der Waals surface area contributed by atoms with Crippen LogP contribution >= 0.6 is 11.8 Å². The summed E-state index contributed by atoms with van der Waals surface area (Å²) in [6.45, 7) is 5.13. The topological polar surface area (TPSA) is 58.8 Å². The van der Waals surface area contributed by atoms with E-state index in [2.05, 4.69) is 18.9 Å². The number of amides is 1. The predicted octanol–water partition coefficient (Wildman–Crippen LogP) is 3.46. The molecule has 3 rings (SSSR count). The first kappa shape index (κ1) is 21.0. The molecule has 1 amide bonds. The lowest BCUT2D eigenvalue weighted by atomic mass is 10.1. The minimum Gasteiger partial charge on any atom is -0.492 e. The second-order valence-corrected chi connectivity index (χ2v) is 8.97. The average molecular weight is 408 g/mol. The van der Waals surface area contributed by atoms with Gasteiger partial charge in [-0.15, -0.1) is 11.8 Å². The molecule has 2 heterocycles. The first-order chi connectivity index (χ1) is 13.5. The van der Waals surface area contributed by atoms with Gasteiger partial charge in [0.1, 0.15) is 18.2 Å². The van der Waals surface area contributed by atoms with Gasteiger partial charge in [0.2, 0.25) is 0 Å². The summed E-state index contributed by atoms with van der Waals surface area (Å²) in [5, 5.41) is 1.07. The summed E-state index contributed by atoms with van der Waals surface area (Å²) in [4.78, 5) is 17.0. The number of likely N-dealkylation sites (tertiary alicyclic amines) is 1. The van der Waals surface area contributed by atoms with Crippen LogP contribution in [0.25, 0.3) is 0 Å². The molecule has 0 saturated carbocycles. The highest BCUT2D eigenvalue weighted by Gasteiger charge is 2.31. The Labute approximate surface area is 171 Å². The van der Waals surface area contributed by atoms with E-state index in [0.717, 1.165) is 43.8 Å². The number of carbonyl (C=O) groups excluding carboxylic acids is 1. The van der Waals surface area contributed by atoms with Crippen LogP contribution in [-0.4, -0.2) is 60.3 Å². The third kappa shape index (κ3) is 5.20. The second-order valence-electron chi connectivity index (χ2n) is 7.59. The summed E-state index contributed by atoms with van der Waals surface area (Å²) in [6, 6.07) is 4.70. The Balaban J connectivity index is 1.60. The maximum atomic E-state index is 14.7. The van der Waals surface area contributed by atoms with Crippen molar-refractivity contribution >= 4 is 17.7 Å². The molecule has 1 aromatic rings. The minimum absolute atomic E-state index is 0.124. The van der Waals surface area contributed by atoms with E-state index in [1.165, 1.54) is 6.07 Å². The van der Waals surface area contributed by atoms with E-state index in [1.54, 1.807) is 23.9 Å². The molecule has 0 bridgehead atoms. The molecule has 1 aromatic carbocycles. The molecule has 0 aliphatic carbocycles. The van der Waals surface area contributed by atoms with Gasteiger partial charge in [0.15, 0.2) is 0 Å². The molecular weight excluding hydrogens is 377 g/mol. The molecule has 1 fully saturated rings. The number of carbonyl (C=O) groups is 1. The average Bonchev–Trinajstić information content (AvgIpc) is 3.28. The van der Waals surface area contributed by atoms with E-state index in [-0.39, 0.29) is 22.8 Å². The number of allylic oxidation sites excluding steroid dienone is 1. The van der Waals surface area contributed by atoms with Crippen LogP contribution < -0.4 is 10.5 Å².